The number of hydrogen-bond acceptors (Lipinski definition) is 3. The average Bonchev–Trinajstić information content (AvgIpc) is 2.75. The van der Waals surface area contributed by atoms with Crippen molar-refractivity contribution in [3.8, 4) is 0 Å². The highest BCUT2D eigenvalue weighted by Gasteiger charge is 2.36. The lowest BCUT2D eigenvalue weighted by atomic mass is 10.1. The van der Waals surface area contributed by atoms with Crippen molar-refractivity contribution in [2.45, 2.75) is 56.2 Å². The summed E-state index contributed by atoms with van der Waals surface area (Å²) < 4.78 is 24.2. The molecular formula is C11H21NO2S. The zero-order chi connectivity index (χ0) is 10.9. The van der Waals surface area contributed by atoms with Crippen molar-refractivity contribution in [3.05, 3.63) is 0 Å². The molecule has 2 N–H and O–H groups in total. The van der Waals surface area contributed by atoms with Crippen molar-refractivity contribution in [2.24, 2.45) is 11.7 Å². The van der Waals surface area contributed by atoms with Crippen molar-refractivity contribution >= 4 is 9.84 Å². The molecule has 2 unspecified atom stereocenters. The topological polar surface area (TPSA) is 60.2 Å². The molecule has 2 atom stereocenters. The van der Waals surface area contributed by atoms with Gasteiger partial charge in [-0.05, 0) is 31.6 Å². The Morgan fingerprint density at radius 2 is 1.67 bits per heavy atom. The van der Waals surface area contributed by atoms with Gasteiger partial charge in [0.15, 0.2) is 9.84 Å². The number of nitrogens with two attached hydrogens (primary N) is 1. The van der Waals surface area contributed by atoms with Crippen LogP contribution in [0.15, 0.2) is 0 Å². The van der Waals surface area contributed by atoms with E-state index in [-0.39, 0.29) is 11.3 Å². The minimum absolute atomic E-state index is 0.101. The van der Waals surface area contributed by atoms with Gasteiger partial charge in [0, 0.05) is 6.04 Å². The highest BCUT2D eigenvalue weighted by Crippen LogP contribution is 2.30. The van der Waals surface area contributed by atoms with Crippen LogP contribution in [-0.2, 0) is 9.84 Å². The standard InChI is InChI=1S/C11H21NO2S/c12-10-6-3-7-11(10)15(13,14)8-9-4-1-2-5-9/h9-11H,1-8,12H2. The molecule has 88 valence electrons. The van der Waals surface area contributed by atoms with E-state index in [9.17, 15) is 8.42 Å². The Balaban J connectivity index is 1.99. The van der Waals surface area contributed by atoms with Crippen molar-refractivity contribution in [2.75, 3.05) is 5.75 Å². The highest BCUT2D eigenvalue weighted by molar-refractivity contribution is 7.92. The van der Waals surface area contributed by atoms with Crippen molar-refractivity contribution in [3.63, 3.8) is 0 Å². The van der Waals surface area contributed by atoms with Crippen molar-refractivity contribution < 1.29 is 8.42 Å². The van der Waals surface area contributed by atoms with Gasteiger partial charge in [-0.15, -0.1) is 0 Å². The largest absolute Gasteiger partial charge is 0.327 e. The first-order valence-electron chi connectivity index (χ1n) is 6.07. The van der Waals surface area contributed by atoms with Crippen LogP contribution < -0.4 is 5.73 Å². The Hall–Kier alpha value is -0.0900. The highest BCUT2D eigenvalue weighted by atomic mass is 32.2. The summed E-state index contributed by atoms with van der Waals surface area (Å²) in [7, 11) is -2.92. The normalized spacial score (nSPS) is 33.7. The van der Waals surface area contributed by atoms with Crippen LogP contribution in [0.1, 0.15) is 44.9 Å². The van der Waals surface area contributed by atoms with Gasteiger partial charge in [0.25, 0.3) is 0 Å². The molecule has 0 aliphatic heterocycles. The predicted molar refractivity (Wildman–Crippen MR) is 61.4 cm³/mol. The van der Waals surface area contributed by atoms with Crippen molar-refractivity contribution in [1.82, 2.24) is 0 Å². The Morgan fingerprint density at radius 1 is 1.00 bits per heavy atom. The summed E-state index contributed by atoms with van der Waals surface area (Å²) >= 11 is 0. The van der Waals surface area contributed by atoms with Crippen LogP contribution in [0, 0.1) is 5.92 Å². The molecule has 0 radical (unpaired) electrons. The molecule has 0 aromatic carbocycles. The Morgan fingerprint density at radius 3 is 2.20 bits per heavy atom. The summed E-state index contributed by atoms with van der Waals surface area (Å²) in [4.78, 5) is 0. The Bertz CT molecular complexity index is 307. The first-order chi connectivity index (χ1) is 7.09. The molecule has 0 heterocycles. The number of sulfone groups is 1. The van der Waals surface area contributed by atoms with Crippen LogP contribution in [0.4, 0.5) is 0 Å². The van der Waals surface area contributed by atoms with E-state index in [1.165, 1.54) is 12.8 Å². The monoisotopic (exact) mass is 231 g/mol. The summed E-state index contributed by atoms with van der Waals surface area (Å²) in [5, 5.41) is -0.238. The molecule has 4 heteroatoms. The maximum atomic E-state index is 12.1. The molecule has 0 bridgehead atoms. The van der Waals surface area contributed by atoms with E-state index in [2.05, 4.69) is 0 Å². The van der Waals surface area contributed by atoms with Gasteiger partial charge >= 0.3 is 0 Å². The van der Waals surface area contributed by atoms with E-state index in [1.807, 2.05) is 0 Å². The smallest absolute Gasteiger partial charge is 0.154 e. The van der Waals surface area contributed by atoms with E-state index < -0.39 is 9.84 Å². The molecule has 0 spiro atoms. The zero-order valence-electron chi connectivity index (χ0n) is 9.19. The molecule has 3 nitrogen and oxygen atoms in total. The maximum absolute atomic E-state index is 12.1. The molecule has 0 aromatic heterocycles. The van der Waals surface area contributed by atoms with E-state index in [4.69, 9.17) is 5.73 Å². The molecule has 2 aliphatic rings. The van der Waals surface area contributed by atoms with Gasteiger partial charge in [-0.3, -0.25) is 0 Å². The lowest BCUT2D eigenvalue weighted by Gasteiger charge is -2.18. The Labute approximate surface area is 92.3 Å². The van der Waals surface area contributed by atoms with Gasteiger partial charge in [0.1, 0.15) is 0 Å². The minimum atomic E-state index is -2.92. The molecule has 2 rings (SSSR count). The maximum Gasteiger partial charge on any atom is 0.154 e. The second kappa shape index (κ2) is 4.42. The predicted octanol–water partition coefficient (Wildman–Crippen LogP) is 1.47. The van der Waals surface area contributed by atoms with Crippen LogP contribution in [0.25, 0.3) is 0 Å². The number of rotatable bonds is 3. The second-order valence-corrected chi connectivity index (χ2v) is 7.38. The molecule has 0 saturated heterocycles. The third-order valence-electron chi connectivity index (χ3n) is 3.91. The fourth-order valence-corrected chi connectivity index (χ4v) is 5.46. The third kappa shape index (κ3) is 2.53. The third-order valence-corrected chi connectivity index (χ3v) is 6.35. The molecule has 0 aromatic rings. The molecular weight excluding hydrogens is 210 g/mol. The second-order valence-electron chi connectivity index (χ2n) is 5.11. The van der Waals surface area contributed by atoms with Gasteiger partial charge in [-0.25, -0.2) is 8.42 Å². The lowest BCUT2D eigenvalue weighted by molar-refractivity contribution is 0.538. The van der Waals surface area contributed by atoms with Gasteiger partial charge in [-0.1, -0.05) is 19.3 Å². The van der Waals surface area contributed by atoms with Crippen LogP contribution in [0.3, 0.4) is 0 Å². The van der Waals surface area contributed by atoms with Crippen molar-refractivity contribution in [1.29, 1.82) is 0 Å². The first-order valence-corrected chi connectivity index (χ1v) is 7.78. The summed E-state index contributed by atoms with van der Waals surface area (Å²) in [5.74, 6) is 0.813. The SMILES string of the molecule is NC1CCCC1S(=O)(=O)CC1CCCC1. The van der Waals surface area contributed by atoms with Gasteiger partial charge in [0.2, 0.25) is 0 Å². The molecule has 2 saturated carbocycles. The summed E-state index contributed by atoms with van der Waals surface area (Å²) in [5.41, 5.74) is 5.86. The molecule has 15 heavy (non-hydrogen) atoms. The lowest BCUT2D eigenvalue weighted by Crippen LogP contribution is -2.38. The van der Waals surface area contributed by atoms with Gasteiger partial charge < -0.3 is 5.73 Å². The van der Waals surface area contributed by atoms with E-state index in [1.54, 1.807) is 0 Å². The van der Waals surface area contributed by atoms with E-state index in [0.717, 1.165) is 32.1 Å². The van der Waals surface area contributed by atoms with Crippen LogP contribution in [-0.4, -0.2) is 25.5 Å². The first kappa shape index (κ1) is 11.4. The van der Waals surface area contributed by atoms with Gasteiger partial charge in [0.05, 0.1) is 11.0 Å². The summed E-state index contributed by atoms with van der Waals surface area (Å²) in [6.07, 6.45) is 7.26. The minimum Gasteiger partial charge on any atom is -0.327 e. The quantitative estimate of drug-likeness (QED) is 0.800. The average molecular weight is 231 g/mol. The summed E-state index contributed by atoms with van der Waals surface area (Å²) in [6.45, 7) is 0. The van der Waals surface area contributed by atoms with Crippen LogP contribution >= 0.6 is 0 Å². The molecule has 0 amide bonds. The number of hydrogen-bond donors (Lipinski definition) is 1. The zero-order valence-corrected chi connectivity index (χ0v) is 10.0. The fourth-order valence-electron chi connectivity index (χ4n) is 3.03. The van der Waals surface area contributed by atoms with Crippen LogP contribution in [0.2, 0.25) is 0 Å². The summed E-state index contributed by atoms with van der Waals surface area (Å²) in [6, 6.07) is -0.101. The van der Waals surface area contributed by atoms with E-state index in [0.29, 0.717) is 11.7 Å². The molecule has 2 aliphatic carbocycles. The molecule has 2 fully saturated rings. The van der Waals surface area contributed by atoms with Crippen LogP contribution in [0.5, 0.6) is 0 Å². The van der Waals surface area contributed by atoms with E-state index >= 15 is 0 Å². The van der Waals surface area contributed by atoms with Gasteiger partial charge in [-0.2, -0.15) is 0 Å². The Kier molecular flexibility index (Phi) is 3.36. The fraction of sp³-hybridized carbons (Fsp3) is 1.00.